The molecule has 2 aromatic rings. The van der Waals surface area contributed by atoms with Crippen molar-refractivity contribution in [1.29, 1.82) is 0 Å². The van der Waals surface area contributed by atoms with E-state index in [9.17, 15) is 9.18 Å². The van der Waals surface area contributed by atoms with Gasteiger partial charge in [0.1, 0.15) is 17.3 Å². The molecule has 4 nitrogen and oxygen atoms in total. The van der Waals surface area contributed by atoms with Crippen LogP contribution in [-0.2, 0) is 0 Å². The summed E-state index contributed by atoms with van der Waals surface area (Å²) in [4.78, 5) is 10.9. The predicted molar refractivity (Wildman–Crippen MR) is 64.4 cm³/mol. The largest absolute Gasteiger partial charge is 0.456 e. The number of hydrogen-bond donors (Lipinski definition) is 0. The van der Waals surface area contributed by atoms with Crippen LogP contribution in [0.5, 0.6) is 23.0 Å². The topological polar surface area (TPSA) is 44.8 Å². The van der Waals surface area contributed by atoms with Gasteiger partial charge in [0, 0.05) is 6.07 Å². The van der Waals surface area contributed by atoms with E-state index in [4.69, 9.17) is 14.2 Å². The Balaban J connectivity index is 1.93. The summed E-state index contributed by atoms with van der Waals surface area (Å²) in [6, 6.07) is 9.19. The normalized spacial score (nSPS) is 12.3. The fourth-order valence-electron chi connectivity index (χ4n) is 1.79. The Labute approximate surface area is 108 Å². The van der Waals surface area contributed by atoms with Crippen LogP contribution in [0.3, 0.4) is 0 Å². The molecule has 0 aliphatic carbocycles. The van der Waals surface area contributed by atoms with Crippen LogP contribution in [0.1, 0.15) is 10.4 Å². The first-order valence-corrected chi connectivity index (χ1v) is 5.59. The third-order valence-corrected chi connectivity index (χ3v) is 2.70. The van der Waals surface area contributed by atoms with Crippen molar-refractivity contribution in [2.45, 2.75) is 0 Å². The minimum atomic E-state index is -0.617. The number of fused-ring (bicyclic) bond motifs is 1. The Morgan fingerprint density at radius 3 is 2.84 bits per heavy atom. The van der Waals surface area contributed by atoms with Gasteiger partial charge in [-0.2, -0.15) is 0 Å². The fraction of sp³-hybridized carbons (Fsp3) is 0.0714. The highest BCUT2D eigenvalue weighted by molar-refractivity contribution is 5.79. The monoisotopic (exact) mass is 260 g/mol. The molecule has 1 heterocycles. The Bertz CT molecular complexity index is 639. The van der Waals surface area contributed by atoms with Crippen LogP contribution in [0.2, 0.25) is 0 Å². The van der Waals surface area contributed by atoms with Gasteiger partial charge in [0.15, 0.2) is 17.8 Å². The zero-order valence-electron chi connectivity index (χ0n) is 9.76. The highest BCUT2D eigenvalue weighted by Gasteiger charge is 2.15. The van der Waals surface area contributed by atoms with Crippen molar-refractivity contribution in [3.63, 3.8) is 0 Å². The molecule has 1 aliphatic heterocycles. The summed E-state index contributed by atoms with van der Waals surface area (Å²) in [5, 5.41) is 0. The molecule has 0 saturated carbocycles. The van der Waals surface area contributed by atoms with Crippen LogP contribution in [0.15, 0.2) is 36.4 Å². The van der Waals surface area contributed by atoms with Crippen LogP contribution >= 0.6 is 0 Å². The van der Waals surface area contributed by atoms with Gasteiger partial charge in [-0.15, -0.1) is 0 Å². The lowest BCUT2D eigenvalue weighted by molar-refractivity contribution is 0.111. The summed E-state index contributed by atoms with van der Waals surface area (Å²) in [7, 11) is 0. The van der Waals surface area contributed by atoms with Crippen molar-refractivity contribution in [2.75, 3.05) is 6.79 Å². The first-order valence-electron chi connectivity index (χ1n) is 5.59. The smallest absolute Gasteiger partial charge is 0.231 e. The molecule has 5 heteroatoms. The number of ether oxygens (including phenoxy) is 3. The second-order valence-corrected chi connectivity index (χ2v) is 3.89. The summed E-state index contributed by atoms with van der Waals surface area (Å²) in [6.45, 7) is 0.165. The molecule has 1 aliphatic rings. The highest BCUT2D eigenvalue weighted by atomic mass is 19.1. The molecule has 0 aromatic heterocycles. The summed E-state index contributed by atoms with van der Waals surface area (Å²) in [5.74, 6) is 1.17. The molecule has 0 amide bonds. The van der Waals surface area contributed by atoms with Crippen molar-refractivity contribution in [1.82, 2.24) is 0 Å². The molecule has 0 radical (unpaired) electrons. The van der Waals surface area contributed by atoms with Crippen LogP contribution in [0.25, 0.3) is 0 Å². The van der Waals surface area contributed by atoms with Crippen LogP contribution in [-0.4, -0.2) is 13.1 Å². The number of hydrogen-bond acceptors (Lipinski definition) is 4. The van der Waals surface area contributed by atoms with E-state index in [0.717, 1.165) is 0 Å². The summed E-state index contributed by atoms with van der Waals surface area (Å²) < 4.78 is 29.3. The third-order valence-electron chi connectivity index (χ3n) is 2.70. The molecule has 0 saturated heterocycles. The van der Waals surface area contributed by atoms with Crippen molar-refractivity contribution < 1.29 is 23.4 Å². The van der Waals surface area contributed by atoms with Gasteiger partial charge in [-0.25, -0.2) is 4.39 Å². The molecule has 0 N–H and O–H groups in total. The summed E-state index contributed by atoms with van der Waals surface area (Å²) in [6.07, 6.45) is 0.428. The van der Waals surface area contributed by atoms with Crippen molar-refractivity contribution in [3.8, 4) is 23.0 Å². The zero-order valence-corrected chi connectivity index (χ0v) is 9.76. The standard InChI is InChI=1S/C14H9FO4/c15-11-2-1-3-12(10(11)7-16)19-9-4-5-13-14(6-9)18-8-17-13/h1-7H,8H2. The molecular weight excluding hydrogens is 251 g/mol. The van der Waals surface area contributed by atoms with Crippen LogP contribution < -0.4 is 14.2 Å². The third kappa shape index (κ3) is 2.10. The second kappa shape index (κ2) is 4.61. The molecule has 0 unspecified atom stereocenters. The van der Waals surface area contributed by atoms with Gasteiger partial charge in [-0.05, 0) is 24.3 Å². The van der Waals surface area contributed by atoms with Gasteiger partial charge in [0.05, 0.1) is 5.56 Å². The highest BCUT2D eigenvalue weighted by Crippen LogP contribution is 2.37. The van der Waals surface area contributed by atoms with Gasteiger partial charge in [0.25, 0.3) is 0 Å². The van der Waals surface area contributed by atoms with Crippen molar-refractivity contribution in [3.05, 3.63) is 47.8 Å². The maximum absolute atomic E-state index is 13.4. The maximum atomic E-state index is 13.4. The van der Waals surface area contributed by atoms with Crippen LogP contribution in [0.4, 0.5) is 4.39 Å². The molecule has 0 bridgehead atoms. The van der Waals surface area contributed by atoms with Crippen molar-refractivity contribution >= 4 is 6.29 Å². The van der Waals surface area contributed by atoms with E-state index >= 15 is 0 Å². The Kier molecular flexibility index (Phi) is 2.79. The van der Waals surface area contributed by atoms with Gasteiger partial charge in [-0.3, -0.25) is 4.79 Å². The quantitative estimate of drug-likeness (QED) is 0.795. The minimum absolute atomic E-state index is 0.111. The second-order valence-electron chi connectivity index (χ2n) is 3.89. The molecule has 3 rings (SSSR count). The Morgan fingerprint density at radius 2 is 2.00 bits per heavy atom. The van der Waals surface area contributed by atoms with E-state index in [0.29, 0.717) is 23.5 Å². The molecule has 2 aromatic carbocycles. The first kappa shape index (κ1) is 11.5. The summed E-state index contributed by atoms with van der Waals surface area (Å²) >= 11 is 0. The molecule has 0 fully saturated rings. The lowest BCUT2D eigenvalue weighted by Crippen LogP contribution is -1.94. The number of carbonyl (C=O) groups is 1. The maximum Gasteiger partial charge on any atom is 0.231 e. The first-order chi connectivity index (χ1) is 9.28. The van der Waals surface area contributed by atoms with Gasteiger partial charge in [-0.1, -0.05) is 6.07 Å². The summed E-state index contributed by atoms with van der Waals surface area (Å²) in [5.41, 5.74) is -0.111. The molecule has 96 valence electrons. The zero-order chi connectivity index (χ0) is 13.2. The van der Waals surface area contributed by atoms with Gasteiger partial charge >= 0.3 is 0 Å². The molecule has 19 heavy (non-hydrogen) atoms. The SMILES string of the molecule is O=Cc1c(F)cccc1Oc1ccc2c(c1)OCO2. The lowest BCUT2D eigenvalue weighted by atomic mass is 10.2. The minimum Gasteiger partial charge on any atom is -0.456 e. The number of halogens is 1. The number of rotatable bonds is 3. The number of aldehydes is 1. The van der Waals surface area contributed by atoms with E-state index in [-0.39, 0.29) is 18.1 Å². The Hall–Kier alpha value is -2.56. The van der Waals surface area contributed by atoms with Crippen molar-refractivity contribution in [2.24, 2.45) is 0 Å². The van der Waals surface area contributed by atoms with E-state index < -0.39 is 5.82 Å². The predicted octanol–water partition coefficient (Wildman–Crippen LogP) is 3.16. The molecule has 0 atom stereocenters. The lowest BCUT2D eigenvalue weighted by Gasteiger charge is -2.08. The van der Waals surface area contributed by atoms with E-state index in [2.05, 4.69) is 0 Å². The molecular formula is C14H9FO4. The van der Waals surface area contributed by atoms with E-state index in [1.807, 2.05) is 0 Å². The number of benzene rings is 2. The van der Waals surface area contributed by atoms with Gasteiger partial charge in [0.2, 0.25) is 6.79 Å². The van der Waals surface area contributed by atoms with E-state index in [1.165, 1.54) is 18.2 Å². The average Bonchev–Trinajstić information content (AvgIpc) is 2.86. The molecule has 0 spiro atoms. The van der Waals surface area contributed by atoms with Crippen LogP contribution in [0, 0.1) is 5.82 Å². The Morgan fingerprint density at radius 1 is 1.16 bits per heavy atom. The number of carbonyl (C=O) groups excluding carboxylic acids is 1. The van der Waals surface area contributed by atoms with Gasteiger partial charge < -0.3 is 14.2 Å². The fourth-order valence-corrected chi connectivity index (χ4v) is 1.79. The average molecular weight is 260 g/mol. The van der Waals surface area contributed by atoms with E-state index in [1.54, 1.807) is 18.2 Å².